The normalized spacial score (nSPS) is 10.0. The van der Waals surface area contributed by atoms with Crippen molar-refractivity contribution in [2.75, 3.05) is 12.4 Å². The van der Waals surface area contributed by atoms with Crippen molar-refractivity contribution in [3.05, 3.63) is 64.1 Å². The largest absolute Gasteiger partial charge is 0.497 e. The van der Waals surface area contributed by atoms with Crippen molar-refractivity contribution in [2.45, 2.75) is 27.3 Å². The van der Waals surface area contributed by atoms with Gasteiger partial charge in [-0.25, -0.2) is 4.98 Å². The maximum absolute atomic E-state index is 5.17. The molecule has 0 saturated heterocycles. The Bertz CT molecular complexity index is 801. The number of aryl methyl sites for hydroxylation is 1. The van der Waals surface area contributed by atoms with E-state index in [4.69, 9.17) is 4.74 Å². The second kappa shape index (κ2) is 8.69. The Morgan fingerprint density at radius 1 is 1.04 bits per heavy atom. The van der Waals surface area contributed by atoms with Crippen LogP contribution in [0.25, 0.3) is 10.9 Å². The first-order chi connectivity index (χ1) is 11.7. The third kappa shape index (κ3) is 4.48. The number of hydrogen-bond acceptors (Lipinski definition) is 3. The maximum atomic E-state index is 5.17. The number of anilines is 1. The van der Waals surface area contributed by atoms with Crippen molar-refractivity contribution in [2.24, 2.45) is 0 Å². The zero-order valence-electron chi connectivity index (χ0n) is 14.6. The summed E-state index contributed by atoms with van der Waals surface area (Å²) in [6, 6.07) is 16.4. The Hall–Kier alpha value is -2.07. The smallest absolute Gasteiger partial charge is 0.141 e. The molecule has 3 nitrogen and oxygen atoms in total. The number of benzene rings is 2. The molecular weight excluding hydrogens is 364 g/mol. The number of ether oxygens (including phenoxy) is 1. The number of aromatic nitrogens is 1. The number of halogens is 1. The number of hydrogen-bond donors (Lipinski definition) is 1. The molecule has 0 unspecified atom stereocenters. The molecule has 3 aromatic rings. The molecule has 4 heteroatoms. The van der Waals surface area contributed by atoms with Crippen molar-refractivity contribution in [1.82, 2.24) is 4.98 Å². The minimum Gasteiger partial charge on any atom is -0.497 e. The molecule has 1 N–H and O–H groups in total. The van der Waals surface area contributed by atoms with Gasteiger partial charge in [0.25, 0.3) is 0 Å². The lowest BCUT2D eigenvalue weighted by Gasteiger charge is -2.10. The molecule has 1 heterocycles. The molecule has 3 rings (SSSR count). The van der Waals surface area contributed by atoms with E-state index in [0.29, 0.717) is 6.54 Å². The first kappa shape index (κ1) is 18.3. The zero-order chi connectivity index (χ0) is 17.5. The first-order valence-electron chi connectivity index (χ1n) is 8.09. The summed E-state index contributed by atoms with van der Waals surface area (Å²) in [5.74, 6) is 1.72. The summed E-state index contributed by atoms with van der Waals surface area (Å²) in [5, 5.41) is 4.52. The van der Waals surface area contributed by atoms with Crippen LogP contribution in [-0.4, -0.2) is 12.1 Å². The Labute approximate surface area is 152 Å². The highest BCUT2D eigenvalue weighted by molar-refractivity contribution is 9.10. The predicted molar refractivity (Wildman–Crippen MR) is 106 cm³/mol. The summed E-state index contributed by atoms with van der Waals surface area (Å²) in [6.07, 6.45) is 0. The zero-order valence-corrected chi connectivity index (χ0v) is 16.1. The molecule has 0 fully saturated rings. The highest BCUT2D eigenvalue weighted by atomic mass is 79.9. The van der Waals surface area contributed by atoms with E-state index in [1.165, 1.54) is 11.1 Å². The fourth-order valence-corrected chi connectivity index (χ4v) is 2.80. The van der Waals surface area contributed by atoms with Crippen LogP contribution in [0.5, 0.6) is 5.75 Å². The molecule has 0 atom stereocenters. The summed E-state index contributed by atoms with van der Waals surface area (Å²) in [5.41, 5.74) is 3.41. The van der Waals surface area contributed by atoms with Crippen molar-refractivity contribution < 1.29 is 4.74 Å². The number of rotatable bonds is 4. The number of fused-ring (bicyclic) bond motifs is 1. The van der Waals surface area contributed by atoms with Crippen molar-refractivity contribution in [3.63, 3.8) is 0 Å². The van der Waals surface area contributed by atoms with Gasteiger partial charge in [-0.15, -0.1) is 0 Å². The van der Waals surface area contributed by atoms with Gasteiger partial charge >= 0.3 is 0 Å². The Balaban J connectivity index is 0.00000100. The SMILES string of the molecule is CC.COc1ccc(CNc2nc3ccc(C)cc3cc2Br)cc1. The number of pyridine rings is 1. The van der Waals surface area contributed by atoms with E-state index in [2.05, 4.69) is 57.4 Å². The van der Waals surface area contributed by atoms with Gasteiger partial charge in [0.15, 0.2) is 0 Å². The van der Waals surface area contributed by atoms with E-state index in [1.807, 2.05) is 38.1 Å². The van der Waals surface area contributed by atoms with Crippen LogP contribution < -0.4 is 10.1 Å². The van der Waals surface area contributed by atoms with Gasteiger partial charge in [0.1, 0.15) is 11.6 Å². The highest BCUT2D eigenvalue weighted by Crippen LogP contribution is 2.26. The lowest BCUT2D eigenvalue weighted by molar-refractivity contribution is 0.414. The minimum atomic E-state index is 0.715. The number of methoxy groups -OCH3 is 1. The van der Waals surface area contributed by atoms with E-state index < -0.39 is 0 Å². The average molecular weight is 387 g/mol. The van der Waals surface area contributed by atoms with Gasteiger partial charge in [0, 0.05) is 11.9 Å². The van der Waals surface area contributed by atoms with Crippen LogP contribution >= 0.6 is 15.9 Å². The number of nitrogens with zero attached hydrogens (tertiary/aromatic N) is 1. The van der Waals surface area contributed by atoms with Crippen LogP contribution in [0.4, 0.5) is 5.82 Å². The Morgan fingerprint density at radius 3 is 2.42 bits per heavy atom. The van der Waals surface area contributed by atoms with Crippen LogP contribution in [-0.2, 0) is 6.54 Å². The van der Waals surface area contributed by atoms with Gasteiger partial charge in [0.05, 0.1) is 17.1 Å². The molecule has 0 bridgehead atoms. The van der Waals surface area contributed by atoms with Gasteiger partial charge in [-0.3, -0.25) is 0 Å². The monoisotopic (exact) mass is 386 g/mol. The molecule has 126 valence electrons. The molecule has 0 spiro atoms. The summed E-state index contributed by atoms with van der Waals surface area (Å²) < 4.78 is 6.14. The molecule has 2 aromatic carbocycles. The lowest BCUT2D eigenvalue weighted by atomic mass is 10.1. The van der Waals surface area contributed by atoms with Crippen LogP contribution in [0.3, 0.4) is 0 Å². The summed E-state index contributed by atoms with van der Waals surface area (Å²) in [4.78, 5) is 4.68. The van der Waals surface area contributed by atoms with Crippen LogP contribution in [0.15, 0.2) is 53.0 Å². The third-order valence-electron chi connectivity index (χ3n) is 3.54. The van der Waals surface area contributed by atoms with Gasteiger partial charge in [-0.2, -0.15) is 0 Å². The van der Waals surface area contributed by atoms with Crippen molar-refractivity contribution in [1.29, 1.82) is 0 Å². The van der Waals surface area contributed by atoms with Gasteiger partial charge in [-0.05, 0) is 58.7 Å². The summed E-state index contributed by atoms with van der Waals surface area (Å²) >= 11 is 3.59. The molecule has 0 aliphatic heterocycles. The van der Waals surface area contributed by atoms with E-state index in [9.17, 15) is 0 Å². The Morgan fingerprint density at radius 2 is 1.75 bits per heavy atom. The number of nitrogens with one attached hydrogen (secondary N) is 1. The predicted octanol–water partition coefficient (Wildman–Crippen LogP) is 5.95. The molecule has 1 aromatic heterocycles. The second-order valence-electron chi connectivity index (χ2n) is 5.22. The van der Waals surface area contributed by atoms with Gasteiger partial charge in [-0.1, -0.05) is 37.6 Å². The van der Waals surface area contributed by atoms with E-state index in [0.717, 1.165) is 26.9 Å². The molecular formula is C20H23BrN2O. The topological polar surface area (TPSA) is 34.1 Å². The van der Waals surface area contributed by atoms with Crippen LogP contribution in [0.1, 0.15) is 25.0 Å². The first-order valence-corrected chi connectivity index (χ1v) is 8.89. The highest BCUT2D eigenvalue weighted by Gasteiger charge is 2.05. The molecule has 24 heavy (non-hydrogen) atoms. The van der Waals surface area contributed by atoms with Gasteiger partial charge in [0.2, 0.25) is 0 Å². The summed E-state index contributed by atoms with van der Waals surface area (Å²) in [6.45, 7) is 6.80. The molecule has 0 amide bonds. The third-order valence-corrected chi connectivity index (χ3v) is 4.15. The van der Waals surface area contributed by atoms with E-state index >= 15 is 0 Å². The van der Waals surface area contributed by atoms with E-state index in [-0.39, 0.29) is 0 Å². The quantitative estimate of drug-likeness (QED) is 0.600. The van der Waals surface area contributed by atoms with Crippen molar-refractivity contribution >= 4 is 32.7 Å². The Kier molecular flexibility index (Phi) is 6.62. The minimum absolute atomic E-state index is 0.715. The van der Waals surface area contributed by atoms with Crippen molar-refractivity contribution in [3.8, 4) is 5.75 Å². The molecule has 0 aliphatic rings. The average Bonchev–Trinajstić information content (AvgIpc) is 2.62. The maximum Gasteiger partial charge on any atom is 0.141 e. The molecule has 0 aliphatic carbocycles. The fraction of sp³-hybridized carbons (Fsp3) is 0.250. The van der Waals surface area contributed by atoms with Crippen LogP contribution in [0.2, 0.25) is 0 Å². The molecule has 0 saturated carbocycles. The van der Waals surface area contributed by atoms with E-state index in [1.54, 1.807) is 7.11 Å². The lowest BCUT2D eigenvalue weighted by Crippen LogP contribution is -2.02. The fourth-order valence-electron chi connectivity index (χ4n) is 2.32. The molecule has 0 radical (unpaired) electrons. The van der Waals surface area contributed by atoms with Gasteiger partial charge < -0.3 is 10.1 Å². The summed E-state index contributed by atoms with van der Waals surface area (Å²) in [7, 11) is 1.67. The standard InChI is InChI=1S/C18H17BrN2O.C2H6/c1-12-3-8-17-14(9-12)10-16(19)18(21-17)20-11-13-4-6-15(22-2)7-5-13;1-2/h3-10H,11H2,1-2H3,(H,20,21);1-2H3. The van der Waals surface area contributed by atoms with Crippen LogP contribution in [0, 0.1) is 6.92 Å². The second-order valence-corrected chi connectivity index (χ2v) is 6.07.